The maximum Gasteiger partial charge on any atom is 0.228 e. The van der Waals surface area contributed by atoms with Crippen molar-refractivity contribution >= 4 is 43.0 Å². The van der Waals surface area contributed by atoms with E-state index in [1.165, 1.54) is 5.56 Å². The van der Waals surface area contributed by atoms with Crippen LogP contribution in [0.2, 0.25) is 0 Å². The second-order valence-electron chi connectivity index (χ2n) is 7.34. The van der Waals surface area contributed by atoms with Gasteiger partial charge in [0, 0.05) is 11.3 Å². The largest absolute Gasteiger partial charge is 0.326 e. The minimum atomic E-state index is -3.23. The summed E-state index contributed by atoms with van der Waals surface area (Å²) in [5, 5.41) is 3.83. The molecule has 3 aromatic carbocycles. The van der Waals surface area contributed by atoms with Crippen LogP contribution in [-0.2, 0) is 21.1 Å². The number of aromatic nitrogens is 1. The highest BCUT2D eigenvalue weighted by Gasteiger charge is 2.12. The molecule has 1 aromatic heterocycles. The Morgan fingerprint density at radius 3 is 2.39 bits per heavy atom. The summed E-state index contributed by atoms with van der Waals surface area (Å²) in [7, 11) is -3.23. The van der Waals surface area contributed by atoms with Crippen molar-refractivity contribution in [3.8, 4) is 10.6 Å². The molecule has 7 heteroatoms. The first kappa shape index (κ1) is 21.2. The molecule has 0 saturated carbocycles. The summed E-state index contributed by atoms with van der Waals surface area (Å²) in [6.07, 6.45) is 0.172. The molecule has 0 radical (unpaired) electrons. The summed E-state index contributed by atoms with van der Waals surface area (Å²) in [4.78, 5) is 17.4. The number of fused-ring (bicyclic) bond motifs is 1. The van der Waals surface area contributed by atoms with Gasteiger partial charge in [0.05, 0.1) is 27.3 Å². The Morgan fingerprint density at radius 1 is 1.00 bits per heavy atom. The first-order chi connectivity index (χ1) is 14.8. The summed E-state index contributed by atoms with van der Waals surface area (Å²) in [5.74, 6) is -0.103. The fraction of sp³-hybridized carbons (Fsp3) is 0.167. The predicted molar refractivity (Wildman–Crippen MR) is 126 cm³/mol. The average molecular weight is 451 g/mol. The topological polar surface area (TPSA) is 76.1 Å². The molecule has 1 amide bonds. The van der Waals surface area contributed by atoms with Crippen molar-refractivity contribution in [1.29, 1.82) is 0 Å². The Kier molecular flexibility index (Phi) is 5.89. The molecule has 0 spiro atoms. The van der Waals surface area contributed by atoms with Gasteiger partial charge in [0.25, 0.3) is 0 Å². The van der Waals surface area contributed by atoms with Gasteiger partial charge in [-0.3, -0.25) is 4.79 Å². The highest BCUT2D eigenvalue weighted by atomic mass is 32.2. The number of rotatable bonds is 6. The molecule has 4 rings (SSSR count). The second kappa shape index (κ2) is 8.61. The molecule has 4 aromatic rings. The number of carbonyl (C=O) groups is 1. The summed E-state index contributed by atoms with van der Waals surface area (Å²) in [6.45, 7) is 3.68. The number of hydrogen-bond acceptors (Lipinski definition) is 5. The summed E-state index contributed by atoms with van der Waals surface area (Å²) in [6, 6.07) is 20.3. The van der Waals surface area contributed by atoms with E-state index in [9.17, 15) is 13.2 Å². The molecule has 1 heterocycles. The van der Waals surface area contributed by atoms with Gasteiger partial charge in [0.15, 0.2) is 9.84 Å². The Bertz CT molecular complexity index is 1340. The normalized spacial score (nSPS) is 11.5. The van der Waals surface area contributed by atoms with E-state index in [-0.39, 0.29) is 23.0 Å². The van der Waals surface area contributed by atoms with Gasteiger partial charge >= 0.3 is 0 Å². The molecule has 0 unspecified atom stereocenters. The Morgan fingerprint density at radius 2 is 1.71 bits per heavy atom. The van der Waals surface area contributed by atoms with E-state index in [1.54, 1.807) is 42.5 Å². The van der Waals surface area contributed by atoms with E-state index in [0.717, 1.165) is 26.4 Å². The molecule has 0 aliphatic heterocycles. The lowest BCUT2D eigenvalue weighted by atomic mass is 10.1. The standard InChI is InChI=1S/C24H22N2O3S2/c1-3-31(28,29)20-11-5-17(6-12-20)15-23(27)25-19-9-7-18(8-10-19)24-26-21-13-4-16(2)14-22(21)30-24/h4-14H,3,15H2,1-2H3,(H,25,27). The molecular formula is C24H22N2O3S2. The molecule has 0 fully saturated rings. The van der Waals surface area contributed by atoms with Crippen molar-refractivity contribution in [2.45, 2.75) is 25.2 Å². The summed E-state index contributed by atoms with van der Waals surface area (Å²) in [5.41, 5.74) is 4.66. The van der Waals surface area contributed by atoms with E-state index < -0.39 is 9.84 Å². The fourth-order valence-corrected chi connectivity index (χ4v) is 5.18. The minimum absolute atomic E-state index is 0.0550. The van der Waals surface area contributed by atoms with Gasteiger partial charge in [0.1, 0.15) is 5.01 Å². The Balaban J connectivity index is 1.42. The maximum atomic E-state index is 12.4. The maximum absolute atomic E-state index is 12.4. The van der Waals surface area contributed by atoms with Gasteiger partial charge in [-0.05, 0) is 66.6 Å². The first-order valence-corrected chi connectivity index (χ1v) is 12.4. The predicted octanol–water partition coefficient (Wildman–Crippen LogP) is 5.25. The van der Waals surface area contributed by atoms with E-state index in [0.29, 0.717) is 5.69 Å². The average Bonchev–Trinajstić information content (AvgIpc) is 3.17. The lowest BCUT2D eigenvalue weighted by molar-refractivity contribution is -0.115. The number of carbonyl (C=O) groups excluding carboxylic acids is 1. The minimum Gasteiger partial charge on any atom is -0.326 e. The number of hydrogen-bond donors (Lipinski definition) is 1. The number of benzene rings is 3. The van der Waals surface area contributed by atoms with Gasteiger partial charge in [-0.2, -0.15) is 0 Å². The molecule has 1 N–H and O–H groups in total. The zero-order valence-electron chi connectivity index (χ0n) is 17.3. The molecule has 5 nitrogen and oxygen atoms in total. The van der Waals surface area contributed by atoms with E-state index >= 15 is 0 Å². The van der Waals surface area contributed by atoms with Gasteiger partial charge < -0.3 is 5.32 Å². The van der Waals surface area contributed by atoms with Crippen molar-refractivity contribution in [2.75, 3.05) is 11.1 Å². The van der Waals surface area contributed by atoms with Crippen LogP contribution in [0.15, 0.2) is 71.6 Å². The molecular weight excluding hydrogens is 428 g/mol. The third-order valence-corrected chi connectivity index (χ3v) is 7.80. The monoisotopic (exact) mass is 450 g/mol. The molecule has 0 atom stereocenters. The van der Waals surface area contributed by atoms with Crippen LogP contribution in [0.5, 0.6) is 0 Å². The number of aryl methyl sites for hydroxylation is 1. The van der Waals surface area contributed by atoms with Crippen molar-refractivity contribution < 1.29 is 13.2 Å². The molecule has 0 saturated heterocycles. The molecule has 0 aliphatic rings. The SMILES string of the molecule is CCS(=O)(=O)c1ccc(CC(=O)Nc2ccc(-c3nc4ccc(C)cc4s3)cc2)cc1. The summed E-state index contributed by atoms with van der Waals surface area (Å²) >= 11 is 1.65. The lowest BCUT2D eigenvalue weighted by Gasteiger charge is -2.07. The van der Waals surface area contributed by atoms with Gasteiger partial charge in [-0.25, -0.2) is 13.4 Å². The van der Waals surface area contributed by atoms with Crippen molar-refractivity contribution in [2.24, 2.45) is 0 Å². The van der Waals surface area contributed by atoms with Crippen LogP contribution in [0, 0.1) is 6.92 Å². The number of sulfone groups is 1. The highest BCUT2D eigenvalue weighted by molar-refractivity contribution is 7.91. The number of nitrogens with one attached hydrogen (secondary N) is 1. The number of amides is 1. The van der Waals surface area contributed by atoms with Crippen LogP contribution >= 0.6 is 11.3 Å². The quantitative estimate of drug-likeness (QED) is 0.435. The van der Waals surface area contributed by atoms with Gasteiger partial charge in [-0.1, -0.05) is 25.1 Å². The first-order valence-electron chi connectivity index (χ1n) is 9.93. The smallest absolute Gasteiger partial charge is 0.228 e. The number of anilines is 1. The third-order valence-electron chi connectivity index (χ3n) is 4.99. The lowest BCUT2D eigenvalue weighted by Crippen LogP contribution is -2.14. The van der Waals surface area contributed by atoms with Crippen LogP contribution in [0.3, 0.4) is 0 Å². The summed E-state index contributed by atoms with van der Waals surface area (Å²) < 4.78 is 24.9. The highest BCUT2D eigenvalue weighted by Crippen LogP contribution is 2.31. The van der Waals surface area contributed by atoms with E-state index in [4.69, 9.17) is 0 Å². The third kappa shape index (κ3) is 4.84. The Hall–Kier alpha value is -3.03. The fourth-order valence-electron chi connectivity index (χ4n) is 3.22. The van der Waals surface area contributed by atoms with Crippen molar-refractivity contribution in [3.63, 3.8) is 0 Å². The molecule has 158 valence electrons. The molecule has 0 aliphatic carbocycles. The zero-order valence-corrected chi connectivity index (χ0v) is 18.9. The number of thiazole rings is 1. The van der Waals surface area contributed by atoms with Gasteiger partial charge in [0.2, 0.25) is 5.91 Å². The van der Waals surface area contributed by atoms with E-state index in [2.05, 4.69) is 29.4 Å². The van der Waals surface area contributed by atoms with Crippen LogP contribution in [-0.4, -0.2) is 25.1 Å². The molecule has 0 bridgehead atoms. The van der Waals surface area contributed by atoms with E-state index in [1.807, 2.05) is 30.3 Å². The van der Waals surface area contributed by atoms with Crippen LogP contribution in [0.1, 0.15) is 18.1 Å². The van der Waals surface area contributed by atoms with Crippen LogP contribution in [0.25, 0.3) is 20.8 Å². The van der Waals surface area contributed by atoms with Gasteiger partial charge in [-0.15, -0.1) is 11.3 Å². The Labute approximate surface area is 185 Å². The van der Waals surface area contributed by atoms with Crippen LogP contribution < -0.4 is 5.32 Å². The zero-order chi connectivity index (χ0) is 22.0. The number of nitrogens with zero attached hydrogens (tertiary/aromatic N) is 1. The van der Waals surface area contributed by atoms with Crippen molar-refractivity contribution in [3.05, 3.63) is 77.9 Å². The molecule has 31 heavy (non-hydrogen) atoms. The van der Waals surface area contributed by atoms with Crippen LogP contribution in [0.4, 0.5) is 5.69 Å². The van der Waals surface area contributed by atoms with Crippen molar-refractivity contribution in [1.82, 2.24) is 4.98 Å². The second-order valence-corrected chi connectivity index (χ2v) is 10.6.